The molecule has 1 aliphatic heterocycles. The van der Waals surface area contributed by atoms with Crippen LogP contribution in [0.25, 0.3) is 11.0 Å². The molecule has 1 aliphatic rings. The van der Waals surface area contributed by atoms with Crippen molar-refractivity contribution < 1.29 is 19.7 Å². The van der Waals surface area contributed by atoms with Gasteiger partial charge in [-0.15, -0.1) is 0 Å². The van der Waals surface area contributed by atoms with Crippen LogP contribution < -0.4 is 16.8 Å². The highest BCUT2D eigenvalue weighted by Crippen LogP contribution is 2.32. The average molecular weight is 378 g/mol. The quantitative estimate of drug-likeness (QED) is 0.351. The van der Waals surface area contributed by atoms with Crippen LogP contribution in [-0.2, 0) is 9.53 Å². The number of hydrogen-bond acceptors (Lipinski definition) is 9. The Kier molecular flexibility index (Phi) is 5.61. The summed E-state index contributed by atoms with van der Waals surface area (Å²) >= 11 is 0. The van der Waals surface area contributed by atoms with Gasteiger partial charge in [-0.2, -0.15) is 0 Å². The summed E-state index contributed by atoms with van der Waals surface area (Å²) in [5, 5.41) is 23.9. The highest BCUT2D eigenvalue weighted by atomic mass is 16.5. The third-order valence-electron chi connectivity index (χ3n) is 5.29. The molecule has 0 aromatic carbocycles. The van der Waals surface area contributed by atoms with Gasteiger partial charge >= 0.3 is 5.97 Å². The molecule has 0 aliphatic carbocycles. The fraction of sp³-hybridized carbons (Fsp3) is 0.588. The molecule has 1 saturated heterocycles. The number of esters is 1. The topological polar surface area (TPSA) is 172 Å². The maximum absolute atomic E-state index is 12.1. The Balaban J connectivity index is 1.70. The van der Waals surface area contributed by atoms with Crippen molar-refractivity contribution in [2.75, 3.05) is 12.3 Å². The molecule has 6 atom stereocenters. The van der Waals surface area contributed by atoms with Crippen molar-refractivity contribution in [2.24, 2.45) is 11.7 Å². The van der Waals surface area contributed by atoms with E-state index in [-0.39, 0.29) is 12.5 Å². The summed E-state index contributed by atoms with van der Waals surface area (Å²) in [4.78, 5) is 23.2. The number of aliphatic hydroxyl groups excluding tert-OH is 2. The van der Waals surface area contributed by atoms with Crippen molar-refractivity contribution in [1.29, 1.82) is 0 Å². The minimum absolute atomic E-state index is 0.00587. The van der Waals surface area contributed by atoms with E-state index < -0.39 is 36.3 Å². The molecule has 3 heterocycles. The molecule has 27 heavy (non-hydrogen) atoms. The van der Waals surface area contributed by atoms with E-state index in [0.717, 1.165) is 6.42 Å². The van der Waals surface area contributed by atoms with Crippen LogP contribution in [0.2, 0.25) is 0 Å². The van der Waals surface area contributed by atoms with Crippen molar-refractivity contribution in [1.82, 2.24) is 20.3 Å². The first-order valence-electron chi connectivity index (χ1n) is 8.97. The number of nitrogens with zero attached hydrogens (tertiary/aromatic N) is 2. The SMILES string of the molecule is CCC(C)C(N)C(=O)OCC1NC(c2c[nH]c3c(N)ncnc23)C(O)C1O. The standard InChI is InChI=1S/C17H26N6O4/c1-3-7(2)10(18)17(26)27-5-9-14(24)15(25)12(23-9)8-4-20-13-11(8)21-6-22-16(13)19/h4,6-7,9-10,12,14-15,20,23-25H,3,5,18H2,1-2H3,(H2,19,21,22). The Bertz CT molecular complexity index is 812. The summed E-state index contributed by atoms with van der Waals surface area (Å²) in [6.45, 7) is 3.72. The zero-order valence-electron chi connectivity index (χ0n) is 15.3. The highest BCUT2D eigenvalue weighted by Gasteiger charge is 2.43. The van der Waals surface area contributed by atoms with Gasteiger partial charge in [0.15, 0.2) is 5.82 Å². The van der Waals surface area contributed by atoms with Gasteiger partial charge in [0.2, 0.25) is 0 Å². The minimum atomic E-state index is -1.12. The molecular formula is C17H26N6O4. The lowest BCUT2D eigenvalue weighted by Gasteiger charge is -2.20. The molecule has 0 bridgehead atoms. The normalized spacial score (nSPS) is 27.6. The lowest BCUT2D eigenvalue weighted by atomic mass is 10.0. The monoisotopic (exact) mass is 378 g/mol. The molecule has 2 aromatic heterocycles. The number of carbonyl (C=O) groups is 1. The number of carbonyl (C=O) groups excluding carboxylic acids is 1. The number of aromatic amines is 1. The van der Waals surface area contributed by atoms with Crippen LogP contribution in [0.15, 0.2) is 12.5 Å². The fourth-order valence-corrected chi connectivity index (χ4v) is 3.25. The van der Waals surface area contributed by atoms with E-state index >= 15 is 0 Å². The zero-order chi connectivity index (χ0) is 19.7. The number of ether oxygens (including phenoxy) is 1. The van der Waals surface area contributed by atoms with Crippen LogP contribution in [0.5, 0.6) is 0 Å². The lowest BCUT2D eigenvalue weighted by molar-refractivity contribution is -0.148. The van der Waals surface area contributed by atoms with Crippen LogP contribution in [0, 0.1) is 5.92 Å². The van der Waals surface area contributed by atoms with Gasteiger partial charge in [-0.25, -0.2) is 9.97 Å². The summed E-state index contributed by atoms with van der Waals surface area (Å²) < 4.78 is 5.25. The van der Waals surface area contributed by atoms with Gasteiger partial charge in [-0.05, 0) is 5.92 Å². The Hall–Kier alpha value is -2.27. The number of aliphatic hydroxyl groups is 2. The third kappa shape index (κ3) is 3.61. The van der Waals surface area contributed by atoms with Crippen LogP contribution in [0.3, 0.4) is 0 Å². The first kappa shape index (κ1) is 19.5. The van der Waals surface area contributed by atoms with E-state index in [2.05, 4.69) is 20.3 Å². The van der Waals surface area contributed by atoms with E-state index in [1.807, 2.05) is 13.8 Å². The van der Waals surface area contributed by atoms with E-state index in [9.17, 15) is 15.0 Å². The highest BCUT2D eigenvalue weighted by molar-refractivity contribution is 5.87. The van der Waals surface area contributed by atoms with Gasteiger partial charge < -0.3 is 31.4 Å². The van der Waals surface area contributed by atoms with Gasteiger partial charge in [-0.3, -0.25) is 10.1 Å². The molecule has 10 heteroatoms. The van der Waals surface area contributed by atoms with E-state index in [1.165, 1.54) is 6.33 Å². The number of nitrogens with two attached hydrogens (primary N) is 2. The lowest BCUT2D eigenvalue weighted by Crippen LogP contribution is -2.42. The fourth-order valence-electron chi connectivity index (χ4n) is 3.25. The summed E-state index contributed by atoms with van der Waals surface area (Å²) in [5.41, 5.74) is 13.4. The van der Waals surface area contributed by atoms with Crippen molar-refractivity contribution in [3.63, 3.8) is 0 Å². The molecular weight excluding hydrogens is 352 g/mol. The molecule has 10 nitrogen and oxygen atoms in total. The third-order valence-corrected chi connectivity index (χ3v) is 5.29. The second kappa shape index (κ2) is 7.77. The summed E-state index contributed by atoms with van der Waals surface area (Å²) in [6.07, 6.45) is 1.53. The van der Waals surface area contributed by atoms with Gasteiger partial charge in [0.05, 0.1) is 17.6 Å². The molecule has 0 saturated carbocycles. The van der Waals surface area contributed by atoms with Crippen LogP contribution in [0.4, 0.5) is 5.82 Å². The van der Waals surface area contributed by atoms with E-state index in [0.29, 0.717) is 22.4 Å². The summed E-state index contributed by atoms with van der Waals surface area (Å²) in [7, 11) is 0. The Morgan fingerprint density at radius 2 is 2.11 bits per heavy atom. The molecule has 1 fully saturated rings. The largest absolute Gasteiger partial charge is 0.463 e. The number of H-pyrrole nitrogens is 1. The molecule has 0 spiro atoms. The second-order valence-corrected chi connectivity index (χ2v) is 7.00. The molecule has 148 valence electrons. The molecule has 8 N–H and O–H groups in total. The van der Waals surface area contributed by atoms with E-state index in [1.54, 1.807) is 6.20 Å². The number of fused-ring (bicyclic) bond motifs is 1. The van der Waals surface area contributed by atoms with Gasteiger partial charge in [-0.1, -0.05) is 20.3 Å². The van der Waals surface area contributed by atoms with Gasteiger partial charge in [0.25, 0.3) is 0 Å². The Morgan fingerprint density at radius 1 is 1.37 bits per heavy atom. The number of anilines is 1. The Morgan fingerprint density at radius 3 is 2.81 bits per heavy atom. The predicted octanol–water partition coefficient (Wildman–Crippen LogP) is -0.809. The van der Waals surface area contributed by atoms with Crippen LogP contribution >= 0.6 is 0 Å². The molecule has 2 aromatic rings. The number of nitrogens with one attached hydrogen (secondary N) is 2. The molecule has 3 rings (SSSR count). The zero-order valence-corrected chi connectivity index (χ0v) is 15.3. The first-order valence-corrected chi connectivity index (χ1v) is 8.97. The number of rotatable bonds is 6. The molecule has 6 unspecified atom stereocenters. The average Bonchev–Trinajstić information content (AvgIpc) is 3.21. The molecule has 0 radical (unpaired) electrons. The number of nitrogen functional groups attached to an aromatic ring is 1. The number of hydrogen-bond donors (Lipinski definition) is 6. The Labute approximate surface area is 156 Å². The maximum Gasteiger partial charge on any atom is 0.323 e. The maximum atomic E-state index is 12.1. The number of aromatic nitrogens is 3. The van der Waals surface area contributed by atoms with Gasteiger partial charge in [0.1, 0.15) is 36.7 Å². The second-order valence-electron chi connectivity index (χ2n) is 7.00. The van der Waals surface area contributed by atoms with Crippen molar-refractivity contribution in [3.05, 3.63) is 18.1 Å². The summed E-state index contributed by atoms with van der Waals surface area (Å²) in [6, 6.07) is -1.96. The summed E-state index contributed by atoms with van der Waals surface area (Å²) in [5.74, 6) is -0.235. The van der Waals surface area contributed by atoms with Crippen LogP contribution in [0.1, 0.15) is 31.9 Å². The first-order chi connectivity index (χ1) is 12.8. The van der Waals surface area contributed by atoms with Crippen molar-refractivity contribution in [2.45, 2.75) is 50.6 Å². The van der Waals surface area contributed by atoms with Crippen molar-refractivity contribution in [3.8, 4) is 0 Å². The predicted molar refractivity (Wildman–Crippen MR) is 98.4 cm³/mol. The van der Waals surface area contributed by atoms with Gasteiger partial charge in [0, 0.05) is 11.8 Å². The minimum Gasteiger partial charge on any atom is -0.463 e. The van der Waals surface area contributed by atoms with Crippen LogP contribution in [-0.4, -0.2) is 62.0 Å². The smallest absolute Gasteiger partial charge is 0.323 e. The molecule has 0 amide bonds. The van der Waals surface area contributed by atoms with E-state index in [4.69, 9.17) is 16.2 Å². The van der Waals surface area contributed by atoms with Crippen molar-refractivity contribution >= 4 is 22.8 Å².